The van der Waals surface area contributed by atoms with E-state index in [0.717, 1.165) is 21.1 Å². The van der Waals surface area contributed by atoms with Crippen molar-refractivity contribution in [1.29, 1.82) is 0 Å². The van der Waals surface area contributed by atoms with Crippen LogP contribution in [0.25, 0.3) is 10.2 Å². The highest BCUT2D eigenvalue weighted by Crippen LogP contribution is 2.37. The van der Waals surface area contributed by atoms with E-state index in [4.69, 9.17) is 14.2 Å². The number of ether oxygens (including phenoxy) is 3. The van der Waals surface area contributed by atoms with Crippen LogP contribution in [0.4, 0.5) is 10.8 Å². The van der Waals surface area contributed by atoms with Crippen LogP contribution in [0.1, 0.15) is 0 Å². The molecule has 3 aromatic rings. The number of fused-ring (bicyclic) bond motifs is 1. The van der Waals surface area contributed by atoms with E-state index < -0.39 is 0 Å². The van der Waals surface area contributed by atoms with Crippen LogP contribution in [0, 0.1) is 5.92 Å². The monoisotopic (exact) mass is 399 g/mol. The van der Waals surface area contributed by atoms with Crippen LogP contribution in [-0.4, -0.2) is 45.3 Å². The molecule has 0 atom stereocenters. The number of rotatable bonds is 6. The molecule has 1 aliphatic heterocycles. The van der Waals surface area contributed by atoms with Crippen molar-refractivity contribution >= 4 is 38.3 Å². The Labute approximate surface area is 166 Å². The lowest BCUT2D eigenvalue weighted by Crippen LogP contribution is -2.52. The molecule has 1 saturated heterocycles. The van der Waals surface area contributed by atoms with Gasteiger partial charge in [-0.2, -0.15) is 0 Å². The quantitative estimate of drug-likeness (QED) is 0.685. The van der Waals surface area contributed by atoms with Crippen LogP contribution < -0.4 is 24.4 Å². The molecule has 28 heavy (non-hydrogen) atoms. The summed E-state index contributed by atoms with van der Waals surface area (Å²) in [4.78, 5) is 19.4. The van der Waals surface area contributed by atoms with Crippen molar-refractivity contribution in [1.82, 2.24) is 4.98 Å². The molecule has 1 aliphatic rings. The number of anilines is 2. The summed E-state index contributed by atoms with van der Waals surface area (Å²) in [5.41, 5.74) is 1.47. The Bertz CT molecular complexity index is 1010. The highest BCUT2D eigenvalue weighted by Gasteiger charge is 2.35. The zero-order chi connectivity index (χ0) is 19.7. The van der Waals surface area contributed by atoms with E-state index in [-0.39, 0.29) is 11.8 Å². The summed E-state index contributed by atoms with van der Waals surface area (Å²) in [6.45, 7) is 1.25. The summed E-state index contributed by atoms with van der Waals surface area (Å²) in [7, 11) is 4.80. The van der Waals surface area contributed by atoms with Crippen LogP contribution in [-0.2, 0) is 4.79 Å². The molecule has 0 aliphatic carbocycles. The summed E-state index contributed by atoms with van der Waals surface area (Å²) in [5, 5.41) is 3.85. The summed E-state index contributed by atoms with van der Waals surface area (Å²) < 4.78 is 17.0. The standard InChI is InChI=1S/C20H21N3O4S/c1-25-13-7-8-15(26-2)14(9-13)21-19(24)12-10-23(11-12)20-22-18-16(27-3)5-4-6-17(18)28-20/h4-9,12H,10-11H2,1-3H3,(H,21,24). The average Bonchev–Trinajstić information content (AvgIpc) is 3.10. The van der Waals surface area contributed by atoms with Gasteiger partial charge in [-0.05, 0) is 24.3 Å². The predicted octanol–water partition coefficient (Wildman–Crippen LogP) is 3.40. The third-order valence-electron chi connectivity index (χ3n) is 4.78. The number of carbonyl (C=O) groups excluding carboxylic acids is 1. The van der Waals surface area contributed by atoms with Crippen molar-refractivity contribution in [3.63, 3.8) is 0 Å². The SMILES string of the molecule is COc1ccc(OC)c(NC(=O)C2CN(c3nc4c(OC)cccc4s3)C2)c1. The number of para-hydroxylation sites is 1. The third kappa shape index (κ3) is 3.31. The number of hydrogen-bond donors (Lipinski definition) is 1. The van der Waals surface area contributed by atoms with Crippen LogP contribution in [0.15, 0.2) is 36.4 Å². The van der Waals surface area contributed by atoms with Gasteiger partial charge in [0.15, 0.2) is 5.13 Å². The van der Waals surface area contributed by atoms with E-state index in [1.807, 2.05) is 18.2 Å². The van der Waals surface area contributed by atoms with Gasteiger partial charge in [0, 0.05) is 19.2 Å². The Morgan fingerprint density at radius 2 is 1.89 bits per heavy atom. The molecule has 1 N–H and O–H groups in total. The molecular formula is C20H21N3O4S. The van der Waals surface area contributed by atoms with E-state index in [1.54, 1.807) is 50.9 Å². The maximum atomic E-state index is 12.6. The van der Waals surface area contributed by atoms with E-state index in [1.165, 1.54) is 0 Å². The maximum absolute atomic E-state index is 12.6. The van der Waals surface area contributed by atoms with Gasteiger partial charge in [-0.3, -0.25) is 4.79 Å². The molecule has 8 heteroatoms. The average molecular weight is 399 g/mol. The third-order valence-corrected chi connectivity index (χ3v) is 5.86. The predicted molar refractivity (Wildman–Crippen MR) is 110 cm³/mol. The second-order valence-corrected chi connectivity index (χ2v) is 7.47. The number of nitrogens with one attached hydrogen (secondary N) is 1. The number of thiazole rings is 1. The van der Waals surface area contributed by atoms with Gasteiger partial charge in [-0.25, -0.2) is 4.98 Å². The molecule has 0 saturated carbocycles. The smallest absolute Gasteiger partial charge is 0.231 e. The van der Waals surface area contributed by atoms with Crippen molar-refractivity contribution < 1.29 is 19.0 Å². The first-order valence-electron chi connectivity index (χ1n) is 8.84. The number of carbonyl (C=O) groups is 1. The van der Waals surface area contributed by atoms with E-state index in [0.29, 0.717) is 30.3 Å². The molecule has 0 unspecified atom stereocenters. The lowest BCUT2D eigenvalue weighted by atomic mass is 10.00. The molecule has 0 radical (unpaired) electrons. The molecule has 4 rings (SSSR count). The number of aromatic nitrogens is 1. The number of amides is 1. The van der Waals surface area contributed by atoms with Gasteiger partial charge < -0.3 is 24.4 Å². The molecule has 1 fully saturated rings. The molecule has 1 aromatic heterocycles. The van der Waals surface area contributed by atoms with Crippen molar-refractivity contribution in [2.45, 2.75) is 0 Å². The molecule has 0 bridgehead atoms. The van der Waals surface area contributed by atoms with Crippen molar-refractivity contribution in [3.05, 3.63) is 36.4 Å². The highest BCUT2D eigenvalue weighted by atomic mass is 32.1. The lowest BCUT2D eigenvalue weighted by Gasteiger charge is -2.38. The number of methoxy groups -OCH3 is 3. The molecule has 2 aromatic carbocycles. The summed E-state index contributed by atoms with van der Waals surface area (Å²) >= 11 is 1.61. The molecular weight excluding hydrogens is 378 g/mol. The minimum Gasteiger partial charge on any atom is -0.497 e. The molecule has 7 nitrogen and oxygen atoms in total. The summed E-state index contributed by atoms with van der Waals surface area (Å²) in [5.74, 6) is 1.88. The Morgan fingerprint density at radius 3 is 2.61 bits per heavy atom. The van der Waals surface area contributed by atoms with Gasteiger partial charge in [-0.1, -0.05) is 17.4 Å². The van der Waals surface area contributed by atoms with Crippen LogP contribution >= 0.6 is 11.3 Å². The van der Waals surface area contributed by atoms with E-state index in [2.05, 4.69) is 15.2 Å². The van der Waals surface area contributed by atoms with Crippen LogP contribution in [0.3, 0.4) is 0 Å². The van der Waals surface area contributed by atoms with Crippen molar-refractivity contribution in [3.8, 4) is 17.2 Å². The number of hydrogen-bond acceptors (Lipinski definition) is 7. The van der Waals surface area contributed by atoms with Crippen molar-refractivity contribution in [2.75, 3.05) is 44.6 Å². The number of benzene rings is 2. The minimum absolute atomic E-state index is 0.0403. The Kier molecular flexibility index (Phi) is 4.95. The van der Waals surface area contributed by atoms with Gasteiger partial charge in [0.2, 0.25) is 5.91 Å². The lowest BCUT2D eigenvalue weighted by molar-refractivity contribution is -0.120. The number of nitrogens with zero attached hydrogens (tertiary/aromatic N) is 2. The zero-order valence-corrected chi connectivity index (χ0v) is 16.7. The molecule has 2 heterocycles. The van der Waals surface area contributed by atoms with Crippen LogP contribution in [0.2, 0.25) is 0 Å². The normalized spacial score (nSPS) is 13.9. The van der Waals surface area contributed by atoms with Crippen LogP contribution in [0.5, 0.6) is 17.2 Å². The zero-order valence-electron chi connectivity index (χ0n) is 15.9. The van der Waals surface area contributed by atoms with E-state index in [9.17, 15) is 4.79 Å². The van der Waals surface area contributed by atoms with Gasteiger partial charge in [0.05, 0.1) is 37.6 Å². The fraction of sp³-hybridized carbons (Fsp3) is 0.300. The van der Waals surface area contributed by atoms with Gasteiger partial charge in [0.25, 0.3) is 0 Å². The van der Waals surface area contributed by atoms with Gasteiger partial charge in [0.1, 0.15) is 22.8 Å². The van der Waals surface area contributed by atoms with Crippen molar-refractivity contribution in [2.24, 2.45) is 5.92 Å². The maximum Gasteiger partial charge on any atom is 0.231 e. The molecule has 0 spiro atoms. The largest absolute Gasteiger partial charge is 0.497 e. The highest BCUT2D eigenvalue weighted by molar-refractivity contribution is 7.22. The Morgan fingerprint density at radius 1 is 1.11 bits per heavy atom. The second kappa shape index (κ2) is 7.55. The Balaban J connectivity index is 1.43. The fourth-order valence-electron chi connectivity index (χ4n) is 3.16. The molecule has 1 amide bonds. The first-order chi connectivity index (χ1) is 13.6. The summed E-state index contributed by atoms with van der Waals surface area (Å²) in [6.07, 6.45) is 0. The Hall–Kier alpha value is -3.00. The minimum atomic E-state index is -0.107. The van der Waals surface area contributed by atoms with E-state index >= 15 is 0 Å². The first-order valence-corrected chi connectivity index (χ1v) is 9.66. The second-order valence-electron chi connectivity index (χ2n) is 6.46. The van der Waals surface area contributed by atoms with Gasteiger partial charge >= 0.3 is 0 Å². The fourth-order valence-corrected chi connectivity index (χ4v) is 4.16. The molecule has 146 valence electrons. The van der Waals surface area contributed by atoms with Gasteiger partial charge in [-0.15, -0.1) is 0 Å². The summed E-state index contributed by atoms with van der Waals surface area (Å²) in [6, 6.07) is 11.2. The topological polar surface area (TPSA) is 72.9 Å². The first kappa shape index (κ1) is 18.4.